The lowest BCUT2D eigenvalue weighted by Crippen LogP contribution is -2.39. The monoisotopic (exact) mass is 335 g/mol. The van der Waals surface area contributed by atoms with Crippen LogP contribution in [0.4, 0.5) is 0 Å². The molecule has 1 atom stereocenters. The van der Waals surface area contributed by atoms with Crippen molar-refractivity contribution in [3.63, 3.8) is 0 Å². The van der Waals surface area contributed by atoms with Crippen molar-refractivity contribution in [3.05, 3.63) is 29.8 Å². The number of amides is 1. The minimum atomic E-state index is -0.875. The summed E-state index contributed by atoms with van der Waals surface area (Å²) in [5.41, 5.74) is 0.932. The van der Waals surface area contributed by atoms with E-state index in [1.807, 2.05) is 18.2 Å². The Hall–Kier alpha value is -1.49. The number of aliphatic carboxylic acids is 1. The maximum absolute atomic E-state index is 12.6. The van der Waals surface area contributed by atoms with E-state index in [2.05, 4.69) is 19.2 Å². The smallest absolute Gasteiger partial charge is 0.316 e. The Morgan fingerprint density at radius 2 is 1.87 bits per heavy atom. The van der Waals surface area contributed by atoms with E-state index in [0.717, 1.165) is 30.6 Å². The number of carboxylic acids is 1. The van der Waals surface area contributed by atoms with Gasteiger partial charge in [0.15, 0.2) is 0 Å². The highest BCUT2D eigenvalue weighted by atomic mass is 32.2. The third kappa shape index (κ3) is 4.99. The van der Waals surface area contributed by atoms with Crippen LogP contribution >= 0.6 is 11.8 Å². The highest BCUT2D eigenvalue weighted by molar-refractivity contribution is 8.00. The Morgan fingerprint density at radius 1 is 1.26 bits per heavy atom. The molecule has 1 unspecified atom stereocenters. The number of rotatable bonds is 5. The highest BCUT2D eigenvalue weighted by Gasteiger charge is 2.28. The topological polar surface area (TPSA) is 66.4 Å². The molecule has 0 saturated heterocycles. The van der Waals surface area contributed by atoms with Gasteiger partial charge in [-0.05, 0) is 50.2 Å². The van der Waals surface area contributed by atoms with Crippen LogP contribution in [0.15, 0.2) is 29.2 Å². The van der Waals surface area contributed by atoms with Gasteiger partial charge < -0.3 is 10.4 Å². The normalized spacial score (nSPS) is 19.1. The molecule has 5 heteroatoms. The number of carbonyl (C=O) groups excluding carboxylic acids is 1. The molecule has 0 heterocycles. The fourth-order valence-electron chi connectivity index (χ4n) is 2.80. The summed E-state index contributed by atoms with van der Waals surface area (Å²) in [7, 11) is 0. The Kier molecular flexibility index (Phi) is 5.74. The molecule has 126 valence electrons. The average molecular weight is 335 g/mol. The van der Waals surface area contributed by atoms with Crippen molar-refractivity contribution in [3.8, 4) is 0 Å². The van der Waals surface area contributed by atoms with Gasteiger partial charge in [-0.25, -0.2) is 0 Å². The van der Waals surface area contributed by atoms with Crippen LogP contribution < -0.4 is 5.32 Å². The molecule has 0 aromatic heterocycles. The number of carbonyl (C=O) groups is 2. The van der Waals surface area contributed by atoms with E-state index in [1.165, 1.54) is 11.8 Å². The second-order valence-corrected chi connectivity index (χ2v) is 8.39. The van der Waals surface area contributed by atoms with E-state index in [0.29, 0.717) is 11.0 Å². The minimum absolute atomic E-state index is 0.101. The SMILES string of the molecule is CC(Sc1ccccc1C(=O)NC1CCC(C)(C)CC1)C(=O)O. The summed E-state index contributed by atoms with van der Waals surface area (Å²) >= 11 is 1.21. The fraction of sp³-hybridized carbons (Fsp3) is 0.556. The number of hydrogen-bond acceptors (Lipinski definition) is 3. The predicted octanol–water partition coefficient (Wildman–Crippen LogP) is 3.95. The van der Waals surface area contributed by atoms with Gasteiger partial charge >= 0.3 is 5.97 Å². The molecule has 1 amide bonds. The van der Waals surface area contributed by atoms with Gasteiger partial charge in [0, 0.05) is 10.9 Å². The van der Waals surface area contributed by atoms with Crippen LogP contribution in [0.25, 0.3) is 0 Å². The standard InChI is InChI=1S/C18H25NO3S/c1-12(17(21)22)23-15-7-5-4-6-14(15)16(20)19-13-8-10-18(2,3)11-9-13/h4-7,12-13H,8-11H2,1-3H3,(H,19,20)(H,21,22). The van der Waals surface area contributed by atoms with Crippen LogP contribution in [0.3, 0.4) is 0 Å². The summed E-state index contributed by atoms with van der Waals surface area (Å²) in [6, 6.07) is 7.43. The number of benzene rings is 1. The average Bonchev–Trinajstić information content (AvgIpc) is 2.49. The molecule has 1 aliphatic carbocycles. The van der Waals surface area contributed by atoms with Crippen molar-refractivity contribution in [1.82, 2.24) is 5.32 Å². The number of carboxylic acid groups (broad SMARTS) is 1. The Labute approximate surface area is 142 Å². The van der Waals surface area contributed by atoms with Crippen LogP contribution in [0.2, 0.25) is 0 Å². The molecule has 1 saturated carbocycles. The molecule has 2 rings (SSSR count). The lowest BCUT2D eigenvalue weighted by molar-refractivity contribution is -0.136. The largest absolute Gasteiger partial charge is 0.480 e. The number of hydrogen-bond donors (Lipinski definition) is 2. The molecule has 0 aliphatic heterocycles. The molecule has 2 N–H and O–H groups in total. The summed E-state index contributed by atoms with van der Waals surface area (Å²) in [5, 5.41) is 11.6. The lowest BCUT2D eigenvalue weighted by Gasteiger charge is -2.34. The molecule has 4 nitrogen and oxygen atoms in total. The molecule has 1 aromatic rings. The molecule has 0 bridgehead atoms. The Balaban J connectivity index is 2.03. The van der Waals surface area contributed by atoms with Crippen LogP contribution in [0, 0.1) is 5.41 Å². The Morgan fingerprint density at radius 3 is 2.48 bits per heavy atom. The first-order chi connectivity index (χ1) is 10.8. The van der Waals surface area contributed by atoms with E-state index < -0.39 is 11.2 Å². The first kappa shape index (κ1) is 17.9. The molecular weight excluding hydrogens is 310 g/mol. The van der Waals surface area contributed by atoms with Gasteiger partial charge in [0.1, 0.15) is 5.25 Å². The molecule has 0 radical (unpaired) electrons. The van der Waals surface area contributed by atoms with Gasteiger partial charge in [0.05, 0.1) is 5.56 Å². The summed E-state index contributed by atoms with van der Waals surface area (Å²) < 4.78 is 0. The van der Waals surface area contributed by atoms with Gasteiger partial charge in [-0.3, -0.25) is 9.59 Å². The van der Waals surface area contributed by atoms with E-state index in [-0.39, 0.29) is 11.9 Å². The molecule has 1 aromatic carbocycles. The maximum atomic E-state index is 12.6. The van der Waals surface area contributed by atoms with E-state index in [4.69, 9.17) is 5.11 Å². The van der Waals surface area contributed by atoms with Crippen molar-refractivity contribution in [2.45, 2.75) is 62.6 Å². The zero-order valence-corrected chi connectivity index (χ0v) is 14.8. The van der Waals surface area contributed by atoms with Crippen LogP contribution in [-0.2, 0) is 4.79 Å². The third-order valence-electron chi connectivity index (χ3n) is 4.46. The predicted molar refractivity (Wildman–Crippen MR) is 92.9 cm³/mol. The Bertz CT molecular complexity index is 575. The summed E-state index contributed by atoms with van der Waals surface area (Å²) in [6.45, 7) is 6.17. The zero-order chi connectivity index (χ0) is 17.0. The second kappa shape index (κ2) is 7.39. The van der Waals surface area contributed by atoms with Crippen molar-refractivity contribution < 1.29 is 14.7 Å². The van der Waals surface area contributed by atoms with Crippen LogP contribution in [0.5, 0.6) is 0 Å². The van der Waals surface area contributed by atoms with E-state index >= 15 is 0 Å². The van der Waals surface area contributed by atoms with Gasteiger partial charge in [-0.2, -0.15) is 0 Å². The van der Waals surface area contributed by atoms with Crippen LogP contribution in [-0.4, -0.2) is 28.3 Å². The van der Waals surface area contributed by atoms with E-state index in [1.54, 1.807) is 13.0 Å². The van der Waals surface area contributed by atoms with Gasteiger partial charge in [-0.1, -0.05) is 26.0 Å². The summed E-state index contributed by atoms with van der Waals surface area (Å²) in [6.07, 6.45) is 4.23. The minimum Gasteiger partial charge on any atom is -0.480 e. The van der Waals surface area contributed by atoms with Crippen molar-refractivity contribution in [1.29, 1.82) is 0 Å². The third-order valence-corrected chi connectivity index (χ3v) is 5.62. The quantitative estimate of drug-likeness (QED) is 0.800. The first-order valence-corrected chi connectivity index (χ1v) is 8.96. The zero-order valence-electron chi connectivity index (χ0n) is 14.0. The van der Waals surface area contributed by atoms with Crippen LogP contribution in [0.1, 0.15) is 56.8 Å². The molecule has 23 heavy (non-hydrogen) atoms. The van der Waals surface area contributed by atoms with Crippen molar-refractivity contribution >= 4 is 23.6 Å². The maximum Gasteiger partial charge on any atom is 0.316 e. The van der Waals surface area contributed by atoms with Gasteiger partial charge in [0.25, 0.3) is 5.91 Å². The molecule has 1 aliphatic rings. The number of thioether (sulfide) groups is 1. The molecule has 1 fully saturated rings. The van der Waals surface area contributed by atoms with Crippen molar-refractivity contribution in [2.24, 2.45) is 5.41 Å². The van der Waals surface area contributed by atoms with Gasteiger partial charge in [-0.15, -0.1) is 11.8 Å². The van der Waals surface area contributed by atoms with Gasteiger partial charge in [0.2, 0.25) is 0 Å². The summed E-state index contributed by atoms with van der Waals surface area (Å²) in [5.74, 6) is -0.977. The second-order valence-electron chi connectivity index (χ2n) is 7.01. The number of nitrogens with one attached hydrogen (secondary N) is 1. The first-order valence-electron chi connectivity index (χ1n) is 8.08. The highest BCUT2D eigenvalue weighted by Crippen LogP contribution is 2.35. The van der Waals surface area contributed by atoms with E-state index in [9.17, 15) is 9.59 Å². The lowest BCUT2D eigenvalue weighted by atomic mass is 9.75. The summed E-state index contributed by atoms with van der Waals surface area (Å²) in [4.78, 5) is 24.3. The molecular formula is C18H25NO3S. The van der Waals surface area contributed by atoms with Crippen molar-refractivity contribution in [2.75, 3.05) is 0 Å². The molecule has 0 spiro atoms. The fourth-order valence-corrected chi connectivity index (χ4v) is 3.73.